The maximum absolute atomic E-state index is 14.1. The Hall–Kier alpha value is -2.55. The summed E-state index contributed by atoms with van der Waals surface area (Å²) in [7, 11) is 0. The van der Waals surface area contributed by atoms with Gasteiger partial charge in [0.25, 0.3) is 0 Å². The highest BCUT2D eigenvalue weighted by Gasteiger charge is 2.19. The van der Waals surface area contributed by atoms with Crippen molar-refractivity contribution in [1.29, 1.82) is 0 Å². The number of fused-ring (bicyclic) bond motifs is 1. The van der Waals surface area contributed by atoms with Crippen molar-refractivity contribution >= 4 is 34.2 Å². The molecule has 0 bridgehead atoms. The number of hydrogen-bond acceptors (Lipinski definition) is 4. The van der Waals surface area contributed by atoms with Gasteiger partial charge in [-0.1, -0.05) is 24.6 Å². The molecule has 1 aromatic heterocycles. The Kier molecular flexibility index (Phi) is 5.46. The molecule has 26 heavy (non-hydrogen) atoms. The van der Waals surface area contributed by atoms with Crippen LogP contribution >= 0.6 is 11.6 Å². The van der Waals surface area contributed by atoms with Gasteiger partial charge in [0, 0.05) is 10.6 Å². The van der Waals surface area contributed by atoms with E-state index < -0.39 is 11.6 Å². The highest BCUT2D eigenvalue weighted by Crippen LogP contribution is 2.25. The van der Waals surface area contributed by atoms with Crippen LogP contribution in [0.1, 0.15) is 18.3 Å². The van der Waals surface area contributed by atoms with E-state index in [0.29, 0.717) is 29.6 Å². The summed E-state index contributed by atoms with van der Waals surface area (Å²) < 4.78 is 28.2. The number of H-pyrrole nitrogens is 1. The molecule has 6 nitrogen and oxygen atoms in total. The third kappa shape index (κ3) is 3.67. The molecule has 0 radical (unpaired) electrons. The van der Waals surface area contributed by atoms with Gasteiger partial charge in [-0.2, -0.15) is 0 Å². The normalized spacial score (nSPS) is 12.0. The lowest BCUT2D eigenvalue weighted by atomic mass is 10.1. The first kappa shape index (κ1) is 18.2. The van der Waals surface area contributed by atoms with Crippen LogP contribution in [0.5, 0.6) is 0 Å². The molecule has 0 saturated carbocycles. The summed E-state index contributed by atoms with van der Waals surface area (Å²) in [5.41, 5.74) is 2.55. The molecule has 136 valence electrons. The Labute approximate surface area is 152 Å². The van der Waals surface area contributed by atoms with E-state index in [1.165, 1.54) is 0 Å². The molecular formula is C17H16ClF2N5O. The quantitative estimate of drug-likeness (QED) is 0.309. The van der Waals surface area contributed by atoms with Crippen LogP contribution < -0.4 is 10.8 Å². The molecule has 0 saturated heterocycles. The van der Waals surface area contributed by atoms with E-state index in [1.54, 1.807) is 24.3 Å². The summed E-state index contributed by atoms with van der Waals surface area (Å²) in [5.74, 6) is -1.80. The van der Waals surface area contributed by atoms with E-state index in [2.05, 4.69) is 20.3 Å². The Morgan fingerprint density at radius 3 is 2.85 bits per heavy atom. The second-order valence-electron chi connectivity index (χ2n) is 5.46. The molecule has 9 heteroatoms. The first-order valence-electron chi connectivity index (χ1n) is 7.85. The molecule has 0 aliphatic rings. The monoisotopic (exact) mass is 379 g/mol. The average molecular weight is 380 g/mol. The number of hydroxylamine groups is 1. The molecule has 3 rings (SSSR count). The standard InChI is InChI=1S/C17H16ClF2N5O/c1-2-21-8-13-23-15-11(7-12(19)14(20)16(15)24-13)17(25-26)22-10-5-3-4-9(18)6-10/h3-7,21,26H,2,8H2,1H3,(H,22,25)(H,23,24). The van der Waals surface area contributed by atoms with Crippen LogP contribution in [-0.4, -0.2) is 27.6 Å². The zero-order valence-electron chi connectivity index (χ0n) is 13.8. The first-order chi connectivity index (χ1) is 12.5. The van der Waals surface area contributed by atoms with E-state index in [4.69, 9.17) is 11.6 Å². The van der Waals surface area contributed by atoms with Gasteiger partial charge in [-0.25, -0.2) is 18.8 Å². The topological polar surface area (TPSA) is 85.3 Å². The van der Waals surface area contributed by atoms with Gasteiger partial charge in [-0.05, 0) is 30.8 Å². The molecule has 0 fully saturated rings. The second-order valence-corrected chi connectivity index (χ2v) is 5.90. The van der Waals surface area contributed by atoms with Crippen molar-refractivity contribution in [2.24, 2.45) is 4.99 Å². The largest absolute Gasteiger partial charge is 0.340 e. The van der Waals surface area contributed by atoms with E-state index in [1.807, 2.05) is 12.4 Å². The molecule has 0 unspecified atom stereocenters. The molecule has 4 N–H and O–H groups in total. The van der Waals surface area contributed by atoms with Gasteiger partial charge in [-0.15, -0.1) is 0 Å². The van der Waals surface area contributed by atoms with Gasteiger partial charge in [0.15, 0.2) is 17.5 Å². The van der Waals surface area contributed by atoms with Crippen molar-refractivity contribution in [3.05, 3.63) is 58.4 Å². The van der Waals surface area contributed by atoms with Crippen LogP contribution in [-0.2, 0) is 6.54 Å². The third-order valence-corrected chi connectivity index (χ3v) is 3.90. The zero-order valence-corrected chi connectivity index (χ0v) is 14.5. The summed E-state index contributed by atoms with van der Waals surface area (Å²) in [5, 5.41) is 13.0. The van der Waals surface area contributed by atoms with Gasteiger partial charge in [0.2, 0.25) is 0 Å². The maximum atomic E-state index is 14.1. The predicted octanol–water partition coefficient (Wildman–Crippen LogP) is 3.66. The van der Waals surface area contributed by atoms with E-state index in [-0.39, 0.29) is 22.4 Å². The van der Waals surface area contributed by atoms with E-state index >= 15 is 0 Å². The molecule has 0 aliphatic heterocycles. The van der Waals surface area contributed by atoms with Crippen LogP contribution in [0.15, 0.2) is 35.3 Å². The Bertz CT molecular complexity index is 973. The summed E-state index contributed by atoms with van der Waals surface area (Å²) in [6.45, 7) is 2.97. The highest BCUT2D eigenvalue weighted by atomic mass is 35.5. The first-order valence-corrected chi connectivity index (χ1v) is 8.23. The minimum Gasteiger partial charge on any atom is -0.340 e. The summed E-state index contributed by atoms with van der Waals surface area (Å²) in [4.78, 5) is 11.3. The van der Waals surface area contributed by atoms with Gasteiger partial charge in [0.05, 0.1) is 17.7 Å². The predicted molar refractivity (Wildman–Crippen MR) is 96.0 cm³/mol. The molecular weight excluding hydrogens is 364 g/mol. The SMILES string of the molecule is CCNCc1nc2c(F)c(F)cc(C(=Nc3cccc(Cl)c3)NO)c2[nH]1. The minimum absolute atomic E-state index is 0.0742. The number of hydrogen-bond donors (Lipinski definition) is 4. The summed E-state index contributed by atoms with van der Waals surface area (Å²) in [6, 6.07) is 7.52. The van der Waals surface area contributed by atoms with Crippen molar-refractivity contribution in [3.8, 4) is 0 Å². The highest BCUT2D eigenvalue weighted by molar-refractivity contribution is 6.30. The number of aromatic amines is 1. The number of nitrogens with zero attached hydrogens (tertiary/aromatic N) is 2. The summed E-state index contributed by atoms with van der Waals surface area (Å²) >= 11 is 5.93. The molecule has 2 aromatic carbocycles. The Morgan fingerprint density at radius 1 is 1.35 bits per heavy atom. The van der Waals surface area contributed by atoms with Gasteiger partial charge >= 0.3 is 0 Å². The van der Waals surface area contributed by atoms with Crippen LogP contribution in [0.4, 0.5) is 14.5 Å². The fraction of sp³-hybridized carbons (Fsp3) is 0.176. The lowest BCUT2D eigenvalue weighted by Crippen LogP contribution is -2.21. The zero-order chi connectivity index (χ0) is 18.7. The molecule has 1 heterocycles. The fourth-order valence-electron chi connectivity index (χ4n) is 2.49. The van der Waals surface area contributed by atoms with Crippen LogP contribution in [0.25, 0.3) is 11.0 Å². The number of rotatable bonds is 5. The number of halogens is 3. The number of nitrogens with one attached hydrogen (secondary N) is 3. The number of benzene rings is 2. The molecule has 3 aromatic rings. The Balaban J connectivity index is 2.15. The number of amidine groups is 1. The van der Waals surface area contributed by atoms with Crippen molar-refractivity contribution in [3.63, 3.8) is 0 Å². The average Bonchev–Trinajstić information content (AvgIpc) is 3.06. The van der Waals surface area contributed by atoms with Gasteiger partial charge < -0.3 is 10.3 Å². The van der Waals surface area contributed by atoms with Crippen molar-refractivity contribution in [2.75, 3.05) is 6.54 Å². The van der Waals surface area contributed by atoms with Gasteiger partial charge in [0.1, 0.15) is 11.3 Å². The smallest absolute Gasteiger partial charge is 0.186 e. The number of imidazole rings is 1. The molecule has 0 spiro atoms. The second kappa shape index (κ2) is 7.77. The summed E-state index contributed by atoms with van der Waals surface area (Å²) in [6.07, 6.45) is 0. The van der Waals surface area contributed by atoms with Crippen LogP contribution in [0, 0.1) is 11.6 Å². The fourth-order valence-corrected chi connectivity index (χ4v) is 2.67. The van der Waals surface area contributed by atoms with Crippen molar-refractivity contribution < 1.29 is 14.0 Å². The van der Waals surface area contributed by atoms with Crippen LogP contribution in [0.2, 0.25) is 5.02 Å². The Morgan fingerprint density at radius 2 is 2.15 bits per heavy atom. The van der Waals surface area contributed by atoms with Gasteiger partial charge in [-0.3, -0.25) is 10.7 Å². The minimum atomic E-state index is -1.09. The molecule has 0 aliphatic carbocycles. The van der Waals surface area contributed by atoms with Crippen molar-refractivity contribution in [2.45, 2.75) is 13.5 Å². The molecule has 0 amide bonds. The van der Waals surface area contributed by atoms with Crippen LogP contribution in [0.3, 0.4) is 0 Å². The number of aromatic nitrogens is 2. The number of aliphatic imine (C=N–C) groups is 1. The maximum Gasteiger partial charge on any atom is 0.186 e. The van der Waals surface area contributed by atoms with E-state index in [9.17, 15) is 14.0 Å². The molecule has 0 atom stereocenters. The van der Waals surface area contributed by atoms with E-state index in [0.717, 1.165) is 6.07 Å². The lowest BCUT2D eigenvalue weighted by molar-refractivity contribution is 0.235. The lowest BCUT2D eigenvalue weighted by Gasteiger charge is -2.07. The third-order valence-electron chi connectivity index (χ3n) is 3.66. The van der Waals surface area contributed by atoms with Crippen molar-refractivity contribution in [1.82, 2.24) is 20.8 Å².